The van der Waals surface area contributed by atoms with Gasteiger partial charge in [-0.1, -0.05) is 48.6 Å². The van der Waals surface area contributed by atoms with E-state index in [1.165, 1.54) is 0 Å². The van der Waals surface area contributed by atoms with Gasteiger partial charge >= 0.3 is 11.9 Å². The van der Waals surface area contributed by atoms with Gasteiger partial charge in [0.25, 0.3) is 0 Å². The third-order valence-electron chi connectivity index (χ3n) is 4.27. The Bertz CT molecular complexity index is 827. The summed E-state index contributed by atoms with van der Waals surface area (Å²) in [5.74, 6) is -1.46. The molecule has 1 heterocycles. The van der Waals surface area contributed by atoms with Crippen LogP contribution in [-0.2, 0) is 9.59 Å². The first-order valence-electron chi connectivity index (χ1n) is 9.11. The summed E-state index contributed by atoms with van der Waals surface area (Å²) in [6.07, 6.45) is 7.25. The Morgan fingerprint density at radius 1 is 1.17 bits per heavy atom. The second kappa shape index (κ2) is 10.8. The lowest BCUT2D eigenvalue weighted by Gasteiger charge is -2.27. The Balaban J connectivity index is 0.000000321. The molecule has 0 radical (unpaired) electrons. The van der Waals surface area contributed by atoms with E-state index in [1.807, 2.05) is 30.4 Å². The van der Waals surface area contributed by atoms with Crippen molar-refractivity contribution in [3.8, 4) is 0 Å². The number of carbonyl (C=O) groups is 2. The maximum absolute atomic E-state index is 9.55. The highest BCUT2D eigenvalue weighted by atomic mass is 16.4. The first-order valence-corrected chi connectivity index (χ1v) is 9.11. The minimum absolute atomic E-state index is 0.132. The molecule has 1 aliphatic carbocycles. The largest absolute Gasteiger partial charge is 0.478 e. The summed E-state index contributed by atoms with van der Waals surface area (Å²) >= 11 is 0. The molecule has 8 nitrogen and oxygen atoms in total. The van der Waals surface area contributed by atoms with Gasteiger partial charge in [0.05, 0.1) is 12.6 Å². The summed E-state index contributed by atoms with van der Waals surface area (Å²) in [7, 11) is 0. The monoisotopic (exact) mass is 399 g/mol. The third kappa shape index (κ3) is 6.34. The van der Waals surface area contributed by atoms with Crippen LogP contribution in [-0.4, -0.2) is 64.4 Å². The molecule has 1 fully saturated rings. The van der Waals surface area contributed by atoms with Crippen molar-refractivity contribution in [1.82, 2.24) is 10.2 Å². The van der Waals surface area contributed by atoms with Crippen LogP contribution in [0.1, 0.15) is 5.56 Å². The molecule has 0 amide bonds. The van der Waals surface area contributed by atoms with Gasteiger partial charge in [-0.25, -0.2) is 9.59 Å². The number of nitrogens with zero attached hydrogens (tertiary/aromatic N) is 1. The Morgan fingerprint density at radius 3 is 2.41 bits per heavy atom. The van der Waals surface area contributed by atoms with Gasteiger partial charge in [0.1, 0.15) is 5.82 Å². The van der Waals surface area contributed by atoms with Crippen LogP contribution in [0.5, 0.6) is 0 Å². The fourth-order valence-electron chi connectivity index (χ4n) is 3.08. The summed E-state index contributed by atoms with van der Waals surface area (Å²) < 4.78 is 0. The van der Waals surface area contributed by atoms with E-state index in [-0.39, 0.29) is 12.6 Å². The molecule has 2 aliphatic rings. The number of benzene rings is 1. The first-order chi connectivity index (χ1) is 13.9. The van der Waals surface area contributed by atoms with Crippen molar-refractivity contribution in [1.29, 1.82) is 0 Å². The van der Waals surface area contributed by atoms with Crippen LogP contribution < -0.4 is 11.1 Å². The van der Waals surface area contributed by atoms with Gasteiger partial charge in [-0.15, -0.1) is 0 Å². The Labute approximate surface area is 168 Å². The van der Waals surface area contributed by atoms with Crippen molar-refractivity contribution in [2.75, 3.05) is 26.2 Å². The molecule has 1 saturated heterocycles. The van der Waals surface area contributed by atoms with Crippen LogP contribution >= 0.6 is 0 Å². The van der Waals surface area contributed by atoms with Crippen LogP contribution in [0.15, 0.2) is 72.1 Å². The van der Waals surface area contributed by atoms with Crippen LogP contribution in [0.3, 0.4) is 0 Å². The molecule has 3 rings (SSSR count). The number of carboxylic acids is 2. The number of β-amino-alcohol motifs (C(OH)–C–C–N with tert-alkyl or cyclic N) is 1. The smallest absolute Gasteiger partial charge is 0.328 e. The lowest BCUT2D eigenvalue weighted by molar-refractivity contribution is -0.134. The van der Waals surface area contributed by atoms with Crippen LogP contribution in [0, 0.1) is 0 Å². The third-order valence-corrected chi connectivity index (χ3v) is 4.27. The summed E-state index contributed by atoms with van der Waals surface area (Å²) in [6.45, 7) is 2.56. The standard InChI is InChI=1S/C17H21N3O.C4H4O4/c18-15-8-4-7-14(13-5-2-1-3-6-13)16(15)17-19-9-10-20(17)11-12-21;5-3(6)1-2-4(7)8/h1-8,15,19,21H,9-12,18H2;1-2H,(H,5,6)(H,7,8)/b;2-1+. The quantitative estimate of drug-likeness (QED) is 0.459. The molecule has 154 valence electrons. The summed E-state index contributed by atoms with van der Waals surface area (Å²) in [5.41, 5.74) is 9.75. The molecule has 1 unspecified atom stereocenters. The molecule has 1 aliphatic heterocycles. The highest BCUT2D eigenvalue weighted by Gasteiger charge is 2.26. The molecule has 1 aromatic carbocycles. The maximum atomic E-state index is 9.55. The second-order valence-corrected chi connectivity index (χ2v) is 6.27. The zero-order chi connectivity index (χ0) is 21.2. The van der Waals surface area contributed by atoms with E-state index in [1.54, 1.807) is 0 Å². The normalized spacial score (nSPS) is 20.7. The van der Waals surface area contributed by atoms with E-state index in [9.17, 15) is 14.7 Å². The summed E-state index contributed by atoms with van der Waals surface area (Å²) in [4.78, 5) is 21.3. The maximum Gasteiger partial charge on any atom is 0.328 e. The number of aliphatic carboxylic acids is 2. The first kappa shape index (κ1) is 21.9. The fraction of sp³-hybridized carbons (Fsp3) is 0.238. The fourth-order valence-corrected chi connectivity index (χ4v) is 3.08. The van der Waals surface area contributed by atoms with Gasteiger partial charge < -0.3 is 31.3 Å². The number of rotatable bonds is 5. The molecule has 29 heavy (non-hydrogen) atoms. The number of aliphatic hydroxyl groups is 1. The van der Waals surface area contributed by atoms with Crippen LogP contribution in [0.2, 0.25) is 0 Å². The zero-order valence-corrected chi connectivity index (χ0v) is 15.9. The highest BCUT2D eigenvalue weighted by molar-refractivity contribution is 5.89. The molecule has 0 spiro atoms. The average Bonchev–Trinajstić information content (AvgIpc) is 3.15. The number of carboxylic acid groups (broad SMARTS) is 2. The Morgan fingerprint density at radius 2 is 1.83 bits per heavy atom. The minimum atomic E-state index is -1.26. The highest BCUT2D eigenvalue weighted by Crippen LogP contribution is 2.32. The molecule has 8 heteroatoms. The average molecular weight is 399 g/mol. The number of nitrogens with one attached hydrogen (secondary N) is 1. The molecule has 1 aromatic rings. The molecule has 0 aromatic heterocycles. The van der Waals surface area contributed by atoms with Crippen molar-refractivity contribution < 1.29 is 24.9 Å². The van der Waals surface area contributed by atoms with Gasteiger partial charge in [0, 0.05) is 37.4 Å². The minimum Gasteiger partial charge on any atom is -0.478 e. The number of hydrogen-bond donors (Lipinski definition) is 5. The molecule has 0 bridgehead atoms. The summed E-state index contributed by atoms with van der Waals surface area (Å²) in [6, 6.07) is 10.2. The van der Waals surface area contributed by atoms with Crippen molar-refractivity contribution in [3.63, 3.8) is 0 Å². The van der Waals surface area contributed by atoms with Gasteiger partial charge in [-0.3, -0.25) is 0 Å². The van der Waals surface area contributed by atoms with E-state index in [0.717, 1.165) is 35.6 Å². The number of aliphatic hydroxyl groups excluding tert-OH is 1. The van der Waals surface area contributed by atoms with Crippen molar-refractivity contribution in [3.05, 3.63) is 77.7 Å². The molecule has 6 N–H and O–H groups in total. The Kier molecular flexibility index (Phi) is 8.20. The van der Waals surface area contributed by atoms with Crippen molar-refractivity contribution in [2.45, 2.75) is 6.04 Å². The second-order valence-electron chi connectivity index (χ2n) is 6.27. The summed E-state index contributed by atoms with van der Waals surface area (Å²) in [5, 5.41) is 28.3. The Hall–Kier alpha value is -3.36. The molecule has 0 saturated carbocycles. The van der Waals surface area contributed by atoms with E-state index >= 15 is 0 Å². The van der Waals surface area contributed by atoms with Gasteiger partial charge in [-0.05, 0) is 11.1 Å². The predicted octanol–water partition coefficient (Wildman–Crippen LogP) is 0.788. The van der Waals surface area contributed by atoms with E-state index < -0.39 is 11.9 Å². The lowest BCUT2D eigenvalue weighted by atomic mass is 9.89. The number of nitrogens with two attached hydrogens (primary N) is 1. The molecular formula is C21H25N3O5. The van der Waals surface area contributed by atoms with Crippen LogP contribution in [0.4, 0.5) is 0 Å². The number of allylic oxidation sites excluding steroid dienone is 2. The zero-order valence-electron chi connectivity index (χ0n) is 15.9. The van der Waals surface area contributed by atoms with Crippen molar-refractivity contribution in [2.24, 2.45) is 5.73 Å². The van der Waals surface area contributed by atoms with Gasteiger partial charge in [0.15, 0.2) is 0 Å². The molecule has 1 atom stereocenters. The van der Waals surface area contributed by atoms with Gasteiger partial charge in [0.2, 0.25) is 0 Å². The van der Waals surface area contributed by atoms with Crippen LogP contribution in [0.25, 0.3) is 5.57 Å². The van der Waals surface area contributed by atoms with E-state index in [2.05, 4.69) is 28.4 Å². The predicted molar refractivity (Wildman–Crippen MR) is 110 cm³/mol. The molecular weight excluding hydrogens is 374 g/mol. The topological polar surface area (TPSA) is 136 Å². The van der Waals surface area contributed by atoms with E-state index in [4.69, 9.17) is 15.9 Å². The number of hydrogen-bond acceptors (Lipinski definition) is 6. The van der Waals surface area contributed by atoms with Crippen molar-refractivity contribution >= 4 is 17.5 Å². The van der Waals surface area contributed by atoms with Gasteiger partial charge in [-0.2, -0.15) is 0 Å². The SMILES string of the molecule is NC1C=CC=C(c2ccccc2)C1=C1NCCN1CCO.O=C(O)/C=C/C(=O)O. The lowest BCUT2D eigenvalue weighted by Crippen LogP contribution is -2.32. The van der Waals surface area contributed by atoms with E-state index in [0.29, 0.717) is 18.7 Å².